The van der Waals surface area contributed by atoms with Gasteiger partial charge in [0.2, 0.25) is 0 Å². The molecule has 0 bridgehead atoms. The lowest BCUT2D eigenvalue weighted by Gasteiger charge is -2.37. The second-order valence-electron chi connectivity index (χ2n) is 10.9. The molecule has 9 nitrogen and oxygen atoms in total. The van der Waals surface area contributed by atoms with E-state index in [0.29, 0.717) is 52.4 Å². The number of carbonyl (C=O) groups excluding carboxylic acids is 2. The minimum absolute atomic E-state index is 0.130. The van der Waals surface area contributed by atoms with E-state index in [2.05, 4.69) is 15.5 Å². The number of aliphatic hydroxyl groups is 1. The van der Waals surface area contributed by atoms with Gasteiger partial charge in [0.1, 0.15) is 0 Å². The molecule has 2 amide bonds. The van der Waals surface area contributed by atoms with Gasteiger partial charge in [-0.15, -0.1) is 0 Å². The minimum Gasteiger partial charge on any atom is -0.478 e. The third-order valence-corrected chi connectivity index (χ3v) is 7.66. The number of aromatic carboxylic acids is 1. The molecule has 41 heavy (non-hydrogen) atoms. The average Bonchev–Trinajstić information content (AvgIpc) is 3.26. The zero-order valence-corrected chi connectivity index (χ0v) is 23.3. The number of benzene rings is 3. The van der Waals surface area contributed by atoms with Gasteiger partial charge in [-0.2, -0.15) is 0 Å². The largest absolute Gasteiger partial charge is 0.478 e. The van der Waals surface area contributed by atoms with E-state index in [1.54, 1.807) is 42.2 Å². The molecule has 0 radical (unpaired) electrons. The molecule has 3 aromatic rings. The van der Waals surface area contributed by atoms with Crippen LogP contribution in [0.3, 0.4) is 0 Å². The van der Waals surface area contributed by atoms with Crippen molar-refractivity contribution in [2.24, 2.45) is 5.92 Å². The fourth-order valence-electron chi connectivity index (χ4n) is 5.56. The van der Waals surface area contributed by atoms with Gasteiger partial charge < -0.3 is 30.6 Å². The van der Waals surface area contributed by atoms with Gasteiger partial charge in [0.05, 0.1) is 28.6 Å². The lowest BCUT2D eigenvalue weighted by molar-refractivity contribution is -0.110. The monoisotopic (exact) mass is 554 g/mol. The Kier molecular flexibility index (Phi) is 7.92. The van der Waals surface area contributed by atoms with Crippen molar-refractivity contribution in [1.82, 2.24) is 9.80 Å². The lowest BCUT2D eigenvalue weighted by atomic mass is 9.93. The number of aryl methyl sites for hydroxylation is 1. The van der Waals surface area contributed by atoms with E-state index >= 15 is 0 Å². The van der Waals surface area contributed by atoms with Crippen molar-refractivity contribution >= 4 is 40.4 Å². The predicted molar refractivity (Wildman–Crippen MR) is 159 cm³/mol. The second-order valence-corrected chi connectivity index (χ2v) is 10.9. The van der Waals surface area contributed by atoms with E-state index in [0.717, 1.165) is 18.5 Å². The van der Waals surface area contributed by atoms with E-state index in [1.807, 2.05) is 44.4 Å². The summed E-state index contributed by atoms with van der Waals surface area (Å²) >= 11 is 0. The number of nitrogens with one attached hydrogen (secondary N) is 2. The highest BCUT2D eigenvalue weighted by Gasteiger charge is 2.32. The van der Waals surface area contributed by atoms with Gasteiger partial charge in [0.25, 0.3) is 11.8 Å². The van der Waals surface area contributed by atoms with E-state index < -0.39 is 12.1 Å². The third-order valence-electron chi connectivity index (χ3n) is 7.66. The maximum Gasteiger partial charge on any atom is 0.336 e. The highest BCUT2D eigenvalue weighted by atomic mass is 16.4. The molecular weight excluding hydrogens is 520 g/mol. The molecule has 2 heterocycles. The number of β-amino-alcohol motifs (C(OH)–C–C–N with tert-alkyl or cyclic N) is 1. The summed E-state index contributed by atoms with van der Waals surface area (Å²) in [6.45, 7) is 3.39. The van der Waals surface area contributed by atoms with Crippen LogP contribution in [-0.2, 0) is 4.79 Å². The first kappa shape index (κ1) is 28.1. The number of nitrogens with zero attached hydrogens (tertiary/aromatic N) is 2. The Morgan fingerprint density at radius 1 is 1.05 bits per heavy atom. The van der Waals surface area contributed by atoms with Crippen molar-refractivity contribution < 1.29 is 24.6 Å². The van der Waals surface area contributed by atoms with E-state index in [9.17, 15) is 24.6 Å². The summed E-state index contributed by atoms with van der Waals surface area (Å²) in [7, 11) is 3.96. The number of anilines is 2. The molecule has 1 saturated heterocycles. The fraction of sp³-hybridized carbons (Fsp3) is 0.281. The molecule has 4 N–H and O–H groups in total. The quantitative estimate of drug-likeness (QED) is 0.326. The van der Waals surface area contributed by atoms with E-state index in [1.165, 1.54) is 6.07 Å². The van der Waals surface area contributed by atoms with E-state index in [4.69, 9.17) is 0 Å². The first-order valence-electron chi connectivity index (χ1n) is 13.6. The van der Waals surface area contributed by atoms with Crippen LogP contribution >= 0.6 is 0 Å². The standard InChI is InChI=1S/C32H34N4O5/c1-19-15-25-26(16-24(19)32(40)41)34-30(38)28(25)29(20-7-5-4-6-8-20)33-23-11-9-21(10-12-23)31(39)36-14-13-22(17-35(2)3)27(37)18-36/h4-12,15-16,22,27,33,37H,13-14,17-18H2,1-3H3,(H,34,38)(H,40,41)/t22-,27+/m0/s1. The van der Waals surface area contributed by atoms with Crippen molar-refractivity contribution in [3.63, 3.8) is 0 Å². The predicted octanol–water partition coefficient (Wildman–Crippen LogP) is 4.01. The SMILES string of the molecule is Cc1cc2c(cc1C(=O)O)NC(=O)C2=C(Nc1ccc(C(=O)N2CC[C@@H](CN(C)C)[C@H](O)C2)cc1)c1ccccc1. The number of carbonyl (C=O) groups is 3. The number of carboxylic acid groups (broad SMARTS) is 1. The van der Waals surface area contributed by atoms with Crippen LogP contribution in [0.15, 0.2) is 66.7 Å². The van der Waals surface area contributed by atoms with Gasteiger partial charge in [-0.1, -0.05) is 30.3 Å². The molecule has 2 atom stereocenters. The molecule has 0 unspecified atom stereocenters. The molecular formula is C32H34N4O5. The Labute approximate surface area is 239 Å². The van der Waals surface area contributed by atoms with Gasteiger partial charge in [-0.3, -0.25) is 9.59 Å². The number of fused-ring (bicyclic) bond motifs is 1. The molecule has 0 aliphatic carbocycles. The number of piperidine rings is 1. The van der Waals surface area contributed by atoms with Crippen LogP contribution in [0.1, 0.15) is 43.8 Å². The Morgan fingerprint density at radius 2 is 1.76 bits per heavy atom. The van der Waals surface area contributed by atoms with Gasteiger partial charge >= 0.3 is 5.97 Å². The zero-order chi connectivity index (χ0) is 29.3. The van der Waals surface area contributed by atoms with Crippen molar-refractivity contribution in [1.29, 1.82) is 0 Å². The maximum atomic E-state index is 13.2. The van der Waals surface area contributed by atoms with Crippen LogP contribution in [0, 0.1) is 12.8 Å². The summed E-state index contributed by atoms with van der Waals surface area (Å²) in [5.74, 6) is -1.38. The Balaban J connectivity index is 1.42. The molecule has 0 aromatic heterocycles. The van der Waals surface area contributed by atoms with Gasteiger partial charge in [-0.25, -0.2) is 4.79 Å². The highest BCUT2D eigenvalue weighted by molar-refractivity contribution is 6.37. The Morgan fingerprint density at radius 3 is 2.39 bits per heavy atom. The molecule has 0 spiro atoms. The number of hydrogen-bond donors (Lipinski definition) is 4. The van der Waals surface area contributed by atoms with Crippen LogP contribution in [0.2, 0.25) is 0 Å². The Bertz CT molecular complexity index is 1520. The summed E-state index contributed by atoms with van der Waals surface area (Å²) in [5.41, 5.74) is 4.69. The van der Waals surface area contributed by atoms with Gasteiger partial charge in [0, 0.05) is 42.4 Å². The van der Waals surface area contributed by atoms with Crippen molar-refractivity contribution in [3.8, 4) is 0 Å². The van der Waals surface area contributed by atoms with Crippen LogP contribution in [0.5, 0.6) is 0 Å². The van der Waals surface area contributed by atoms with Crippen LogP contribution in [0.25, 0.3) is 11.3 Å². The van der Waals surface area contributed by atoms with E-state index in [-0.39, 0.29) is 23.3 Å². The van der Waals surface area contributed by atoms with Crippen LogP contribution < -0.4 is 10.6 Å². The minimum atomic E-state index is -1.06. The number of aliphatic hydroxyl groups excluding tert-OH is 1. The number of likely N-dealkylation sites (tertiary alicyclic amines) is 1. The molecule has 212 valence electrons. The topological polar surface area (TPSA) is 122 Å². The molecule has 2 aliphatic rings. The number of hydrogen-bond acceptors (Lipinski definition) is 6. The summed E-state index contributed by atoms with van der Waals surface area (Å²) in [6, 6.07) is 19.7. The highest BCUT2D eigenvalue weighted by Crippen LogP contribution is 2.39. The average molecular weight is 555 g/mol. The zero-order valence-electron chi connectivity index (χ0n) is 23.3. The third kappa shape index (κ3) is 5.86. The number of amides is 2. The fourth-order valence-corrected chi connectivity index (χ4v) is 5.56. The Hall–Kier alpha value is -4.47. The van der Waals surface area contributed by atoms with Crippen molar-refractivity contribution in [2.75, 3.05) is 44.4 Å². The molecule has 0 saturated carbocycles. The summed E-state index contributed by atoms with van der Waals surface area (Å²) in [6.07, 6.45) is 0.183. The second kappa shape index (κ2) is 11.6. The maximum absolute atomic E-state index is 13.2. The summed E-state index contributed by atoms with van der Waals surface area (Å²) < 4.78 is 0. The smallest absolute Gasteiger partial charge is 0.336 e. The van der Waals surface area contributed by atoms with Gasteiger partial charge in [-0.05, 0) is 75.0 Å². The van der Waals surface area contributed by atoms with Crippen molar-refractivity contribution in [3.05, 3.63) is 94.5 Å². The molecule has 2 aliphatic heterocycles. The molecule has 1 fully saturated rings. The summed E-state index contributed by atoms with van der Waals surface area (Å²) in [4.78, 5) is 41.8. The van der Waals surface area contributed by atoms with Crippen LogP contribution in [0.4, 0.5) is 11.4 Å². The first-order chi connectivity index (χ1) is 19.6. The molecule has 5 rings (SSSR count). The normalized spacial score (nSPS) is 19.5. The molecule has 3 aromatic carbocycles. The lowest BCUT2D eigenvalue weighted by Crippen LogP contribution is -2.48. The molecule has 9 heteroatoms. The number of carboxylic acids is 1. The van der Waals surface area contributed by atoms with Crippen molar-refractivity contribution in [2.45, 2.75) is 19.4 Å². The number of rotatable bonds is 7. The van der Waals surface area contributed by atoms with Crippen LogP contribution in [-0.4, -0.2) is 77.6 Å². The first-order valence-corrected chi connectivity index (χ1v) is 13.6. The summed E-state index contributed by atoms with van der Waals surface area (Å²) in [5, 5.41) is 26.3. The van der Waals surface area contributed by atoms with Gasteiger partial charge in [0.15, 0.2) is 0 Å².